The monoisotopic (exact) mass is 476 g/mol. The highest BCUT2D eigenvalue weighted by molar-refractivity contribution is 7.93. The minimum atomic E-state index is -3.95. The van der Waals surface area contributed by atoms with Gasteiger partial charge in [0.25, 0.3) is 15.2 Å². The van der Waals surface area contributed by atoms with E-state index in [9.17, 15) is 8.42 Å². The Morgan fingerprint density at radius 3 is 2.78 bits per heavy atom. The van der Waals surface area contributed by atoms with E-state index in [1.807, 2.05) is 49.3 Å². The lowest BCUT2D eigenvalue weighted by molar-refractivity contribution is 0.0155. The van der Waals surface area contributed by atoms with Crippen molar-refractivity contribution in [2.24, 2.45) is 4.99 Å². The molecule has 2 atom stereocenters. The van der Waals surface area contributed by atoms with Crippen molar-refractivity contribution < 1.29 is 17.9 Å². The van der Waals surface area contributed by atoms with Gasteiger partial charge in [0.15, 0.2) is 5.84 Å². The average Bonchev–Trinajstić information content (AvgIpc) is 3.28. The highest BCUT2D eigenvalue weighted by Crippen LogP contribution is 2.22. The van der Waals surface area contributed by atoms with Crippen LogP contribution in [0.1, 0.15) is 10.4 Å². The first kappa shape index (κ1) is 23.8. The number of benzene rings is 1. The van der Waals surface area contributed by atoms with Crippen molar-refractivity contribution in [2.75, 3.05) is 27.2 Å². The molecule has 1 aliphatic heterocycles. The van der Waals surface area contributed by atoms with Gasteiger partial charge in [0.2, 0.25) is 5.25 Å². The maximum Gasteiger partial charge on any atom is 0.273 e. The molecule has 2 aromatic rings. The van der Waals surface area contributed by atoms with Crippen LogP contribution in [0.5, 0.6) is 5.19 Å². The van der Waals surface area contributed by atoms with Gasteiger partial charge in [-0.3, -0.25) is 15.1 Å². The standard InChI is InChI=1S/C20H24N6O4S2/c1-26(2)11-16-10-24-20(31-16)30-13-15(29-12-14-6-4-3-5-7-14)9-23-19-18(22)17(8-21)32(27,28)25-19/h3-7,10,15,17,22H,9,11-13H2,1-2H3,(H,23,25). The van der Waals surface area contributed by atoms with Gasteiger partial charge in [0.05, 0.1) is 19.2 Å². The van der Waals surface area contributed by atoms with Crippen LogP contribution in [-0.4, -0.2) is 68.4 Å². The number of amidine groups is 1. The summed E-state index contributed by atoms with van der Waals surface area (Å²) in [4.78, 5) is 11.5. The molecule has 1 fully saturated rings. The second-order valence-corrected chi connectivity index (χ2v) is 10.2. The summed E-state index contributed by atoms with van der Waals surface area (Å²) in [5.41, 5.74) is 0.593. The molecule has 32 heavy (non-hydrogen) atoms. The molecule has 10 nitrogen and oxygen atoms in total. The zero-order valence-electron chi connectivity index (χ0n) is 17.7. The van der Waals surface area contributed by atoms with Crippen LogP contribution in [0.25, 0.3) is 0 Å². The van der Waals surface area contributed by atoms with Gasteiger partial charge < -0.3 is 14.4 Å². The van der Waals surface area contributed by atoms with Gasteiger partial charge in [-0.25, -0.2) is 13.4 Å². The molecule has 170 valence electrons. The molecule has 12 heteroatoms. The molecule has 1 saturated heterocycles. The zero-order valence-corrected chi connectivity index (χ0v) is 19.3. The Bertz CT molecular complexity index is 1110. The van der Waals surface area contributed by atoms with Crippen molar-refractivity contribution >= 4 is 32.9 Å². The maximum absolute atomic E-state index is 11.9. The summed E-state index contributed by atoms with van der Waals surface area (Å²) in [6.07, 6.45) is 1.24. The van der Waals surface area contributed by atoms with Gasteiger partial charge in [0.1, 0.15) is 18.4 Å². The number of aromatic nitrogens is 1. The second kappa shape index (κ2) is 10.6. The third-order valence-corrected chi connectivity index (χ3v) is 6.70. The van der Waals surface area contributed by atoms with E-state index in [0.717, 1.165) is 17.0 Å². The minimum absolute atomic E-state index is 0.0428. The van der Waals surface area contributed by atoms with Crippen LogP contribution < -0.4 is 9.46 Å². The first-order valence-corrected chi connectivity index (χ1v) is 12.1. The number of nitrogens with zero attached hydrogens (tertiary/aromatic N) is 4. The van der Waals surface area contributed by atoms with Crippen LogP contribution in [0.4, 0.5) is 0 Å². The Hall–Kier alpha value is -2.85. The summed E-state index contributed by atoms with van der Waals surface area (Å²) in [5, 5.41) is 15.9. The van der Waals surface area contributed by atoms with Crippen molar-refractivity contribution in [1.82, 2.24) is 14.6 Å². The topological polar surface area (TPSA) is 141 Å². The molecule has 0 amide bonds. The Kier molecular flexibility index (Phi) is 7.92. The number of rotatable bonds is 10. The van der Waals surface area contributed by atoms with Crippen LogP contribution >= 0.6 is 11.3 Å². The van der Waals surface area contributed by atoms with Gasteiger partial charge in [-0.1, -0.05) is 41.7 Å². The smallest absolute Gasteiger partial charge is 0.273 e. The molecule has 0 saturated carbocycles. The number of sulfonamides is 1. The van der Waals surface area contributed by atoms with Gasteiger partial charge in [0, 0.05) is 17.6 Å². The lowest BCUT2D eigenvalue weighted by Gasteiger charge is -2.16. The molecular weight excluding hydrogens is 452 g/mol. The number of hydrogen-bond donors (Lipinski definition) is 2. The van der Waals surface area contributed by atoms with Crippen molar-refractivity contribution in [3.8, 4) is 11.3 Å². The summed E-state index contributed by atoms with van der Waals surface area (Å²) in [5.74, 6) is -0.146. The van der Waals surface area contributed by atoms with Crippen LogP contribution in [-0.2, 0) is 27.9 Å². The summed E-state index contributed by atoms with van der Waals surface area (Å²) >= 11 is 1.44. The van der Waals surface area contributed by atoms with E-state index in [2.05, 4.69) is 14.7 Å². The molecule has 0 bridgehead atoms. The van der Waals surface area contributed by atoms with E-state index in [4.69, 9.17) is 20.1 Å². The predicted molar refractivity (Wildman–Crippen MR) is 122 cm³/mol. The average molecular weight is 477 g/mol. The quantitative estimate of drug-likeness (QED) is 0.528. The van der Waals surface area contributed by atoms with Crippen LogP contribution in [0.15, 0.2) is 41.5 Å². The lowest BCUT2D eigenvalue weighted by atomic mass is 10.2. The predicted octanol–water partition coefficient (Wildman–Crippen LogP) is 1.41. The van der Waals surface area contributed by atoms with Crippen LogP contribution in [0.3, 0.4) is 0 Å². The highest BCUT2D eigenvalue weighted by atomic mass is 32.2. The van der Waals surface area contributed by atoms with E-state index in [1.165, 1.54) is 11.3 Å². The number of ether oxygens (including phenoxy) is 2. The van der Waals surface area contributed by atoms with Crippen molar-refractivity contribution in [2.45, 2.75) is 24.5 Å². The highest BCUT2D eigenvalue weighted by Gasteiger charge is 2.41. The number of aliphatic imine (C=N–C) groups is 1. The fourth-order valence-corrected chi connectivity index (χ4v) is 4.83. The summed E-state index contributed by atoms with van der Waals surface area (Å²) in [7, 11) is -0.0104. The molecule has 1 aliphatic rings. The van der Waals surface area contributed by atoms with E-state index in [0.29, 0.717) is 11.8 Å². The fourth-order valence-electron chi connectivity index (χ4n) is 2.82. The third-order valence-electron chi connectivity index (χ3n) is 4.36. The number of nitriles is 1. The van der Waals surface area contributed by atoms with Crippen LogP contribution in [0.2, 0.25) is 0 Å². The maximum atomic E-state index is 11.9. The molecule has 0 spiro atoms. The summed E-state index contributed by atoms with van der Waals surface area (Å²) in [6, 6.07) is 11.2. The minimum Gasteiger partial charge on any atom is -0.467 e. The summed E-state index contributed by atoms with van der Waals surface area (Å²) in [6.45, 7) is 1.25. The van der Waals surface area contributed by atoms with Gasteiger partial charge >= 0.3 is 0 Å². The zero-order chi connectivity index (χ0) is 23.1. The molecule has 3 rings (SSSR count). The van der Waals surface area contributed by atoms with Crippen molar-refractivity contribution in [1.29, 1.82) is 10.7 Å². The van der Waals surface area contributed by atoms with E-state index in [-0.39, 0.29) is 24.7 Å². The second-order valence-electron chi connectivity index (χ2n) is 7.32. The Balaban J connectivity index is 1.67. The molecule has 2 unspecified atom stereocenters. The molecule has 1 aromatic carbocycles. The first-order valence-electron chi connectivity index (χ1n) is 9.70. The molecule has 1 aromatic heterocycles. The Morgan fingerprint density at radius 1 is 1.38 bits per heavy atom. The number of hydrogen-bond acceptors (Lipinski definition) is 10. The lowest BCUT2D eigenvalue weighted by Crippen LogP contribution is -2.28. The van der Waals surface area contributed by atoms with E-state index >= 15 is 0 Å². The van der Waals surface area contributed by atoms with Crippen LogP contribution in [0, 0.1) is 16.7 Å². The normalized spacial score (nSPS) is 19.6. The van der Waals surface area contributed by atoms with Gasteiger partial charge in [-0.05, 0) is 19.7 Å². The number of thiazole rings is 1. The van der Waals surface area contributed by atoms with Gasteiger partial charge in [-0.15, -0.1) is 0 Å². The van der Waals surface area contributed by atoms with Gasteiger partial charge in [-0.2, -0.15) is 5.26 Å². The number of nitrogens with one attached hydrogen (secondary N) is 2. The molecule has 2 heterocycles. The van der Waals surface area contributed by atoms with Crippen molar-refractivity contribution in [3.63, 3.8) is 0 Å². The Labute approximate surface area is 191 Å². The third kappa shape index (κ3) is 6.33. The van der Waals surface area contributed by atoms with E-state index < -0.39 is 21.4 Å². The fraction of sp³-hybridized carbons (Fsp3) is 0.400. The van der Waals surface area contributed by atoms with Crippen molar-refractivity contribution in [3.05, 3.63) is 47.0 Å². The summed E-state index contributed by atoms with van der Waals surface area (Å²) < 4.78 is 37.8. The Morgan fingerprint density at radius 2 is 2.12 bits per heavy atom. The largest absolute Gasteiger partial charge is 0.467 e. The SMILES string of the molecule is CN(C)Cc1cnc(OCC(CN=C2NS(=O)(=O)C(C#N)C2=N)OCc2ccccc2)s1. The molecular formula is C20H24N6O4S2. The molecule has 2 N–H and O–H groups in total. The molecule has 0 aliphatic carbocycles. The molecule has 0 radical (unpaired) electrons. The van der Waals surface area contributed by atoms with E-state index in [1.54, 1.807) is 12.3 Å². The first-order chi connectivity index (χ1) is 15.3.